The Hall–Kier alpha value is -3.04. The molecule has 32 heavy (non-hydrogen) atoms. The summed E-state index contributed by atoms with van der Waals surface area (Å²) >= 11 is 6.22. The van der Waals surface area contributed by atoms with E-state index >= 15 is 0 Å². The van der Waals surface area contributed by atoms with Crippen LogP contribution in [0.1, 0.15) is 29.9 Å². The van der Waals surface area contributed by atoms with E-state index in [1.165, 1.54) is 30.3 Å². The van der Waals surface area contributed by atoms with Gasteiger partial charge >= 0.3 is 0 Å². The van der Waals surface area contributed by atoms with E-state index in [1.54, 1.807) is 19.1 Å². The van der Waals surface area contributed by atoms with Crippen molar-refractivity contribution in [3.63, 3.8) is 0 Å². The minimum absolute atomic E-state index is 0.0474. The highest BCUT2D eigenvalue weighted by Gasteiger charge is 2.22. The zero-order valence-electron chi connectivity index (χ0n) is 17.6. The third kappa shape index (κ3) is 5.80. The molecule has 0 atom stereocenters. The van der Waals surface area contributed by atoms with E-state index in [-0.39, 0.29) is 21.5 Å². The summed E-state index contributed by atoms with van der Waals surface area (Å²) in [6.45, 7) is 5.99. The number of amides is 1. The lowest BCUT2D eigenvalue weighted by Gasteiger charge is -2.11. The van der Waals surface area contributed by atoms with E-state index in [2.05, 4.69) is 9.97 Å². The van der Waals surface area contributed by atoms with Gasteiger partial charge in [-0.2, -0.15) is 8.42 Å². The second-order valence-electron chi connectivity index (χ2n) is 7.48. The van der Waals surface area contributed by atoms with Gasteiger partial charge in [-0.25, -0.2) is 14.1 Å². The van der Waals surface area contributed by atoms with Gasteiger partial charge in [0.15, 0.2) is 5.03 Å². The quantitative estimate of drug-likeness (QED) is 0.541. The maximum atomic E-state index is 14.0. The number of nitrogens with zero attached hydrogens (tertiary/aromatic N) is 2. The smallest absolute Gasteiger partial charge is 0.281 e. The first-order chi connectivity index (χ1) is 15.0. The van der Waals surface area contributed by atoms with Crippen molar-refractivity contribution in [3.8, 4) is 17.0 Å². The van der Waals surface area contributed by atoms with Crippen LogP contribution in [0.4, 0.5) is 4.39 Å². The van der Waals surface area contributed by atoms with E-state index in [1.807, 2.05) is 18.6 Å². The van der Waals surface area contributed by atoms with Crippen molar-refractivity contribution < 1.29 is 22.3 Å². The van der Waals surface area contributed by atoms with Crippen LogP contribution in [0.3, 0.4) is 0 Å². The number of benzene rings is 1. The van der Waals surface area contributed by atoms with Gasteiger partial charge in [-0.15, -0.1) is 0 Å². The molecule has 0 aliphatic rings. The van der Waals surface area contributed by atoms with Gasteiger partial charge in [0.2, 0.25) is 0 Å². The van der Waals surface area contributed by atoms with Gasteiger partial charge < -0.3 is 4.74 Å². The van der Waals surface area contributed by atoms with Gasteiger partial charge in [0.05, 0.1) is 22.9 Å². The van der Waals surface area contributed by atoms with Crippen molar-refractivity contribution in [2.45, 2.75) is 25.8 Å². The Morgan fingerprint density at radius 3 is 2.62 bits per heavy atom. The molecule has 0 bridgehead atoms. The molecule has 3 rings (SSSR count). The van der Waals surface area contributed by atoms with E-state index < -0.39 is 21.7 Å². The average molecular weight is 478 g/mol. The number of hydrogen-bond acceptors (Lipinski definition) is 6. The molecule has 0 spiro atoms. The molecule has 10 heteroatoms. The number of rotatable bonds is 7. The maximum absolute atomic E-state index is 14.0. The van der Waals surface area contributed by atoms with E-state index in [0.29, 0.717) is 29.3 Å². The second-order valence-corrected chi connectivity index (χ2v) is 9.52. The summed E-state index contributed by atoms with van der Waals surface area (Å²) in [6, 6.07) is 9.91. The van der Waals surface area contributed by atoms with Gasteiger partial charge in [0, 0.05) is 23.5 Å². The van der Waals surface area contributed by atoms with Gasteiger partial charge in [0.1, 0.15) is 11.6 Å². The number of sulfonamides is 1. The van der Waals surface area contributed by atoms with Gasteiger partial charge in [0.25, 0.3) is 15.9 Å². The number of halogens is 2. The Labute approximate surface area is 190 Å². The molecule has 0 unspecified atom stereocenters. The summed E-state index contributed by atoms with van der Waals surface area (Å²) in [5.74, 6) is -0.876. The van der Waals surface area contributed by atoms with Crippen LogP contribution in [0.5, 0.6) is 5.75 Å². The number of carbonyl (C=O) groups is 1. The third-order valence-corrected chi connectivity index (χ3v) is 5.76. The summed E-state index contributed by atoms with van der Waals surface area (Å²) < 4.78 is 46.4. The van der Waals surface area contributed by atoms with Crippen molar-refractivity contribution in [1.82, 2.24) is 14.7 Å². The van der Waals surface area contributed by atoms with Crippen molar-refractivity contribution >= 4 is 27.5 Å². The van der Waals surface area contributed by atoms with Crippen molar-refractivity contribution in [2.75, 3.05) is 6.61 Å². The Morgan fingerprint density at radius 2 is 1.97 bits per heavy atom. The fraction of sp³-hybridized carbons (Fsp3) is 0.227. The molecule has 0 radical (unpaired) electrons. The minimum Gasteiger partial charge on any atom is -0.493 e. The topological polar surface area (TPSA) is 98.2 Å². The van der Waals surface area contributed by atoms with Crippen molar-refractivity contribution in [3.05, 3.63) is 70.8 Å². The summed E-state index contributed by atoms with van der Waals surface area (Å²) in [5, 5.41) is -0.339. The highest BCUT2D eigenvalue weighted by molar-refractivity contribution is 7.90. The number of carbonyl (C=O) groups excluding carboxylic acids is 1. The predicted molar refractivity (Wildman–Crippen MR) is 119 cm³/mol. The third-order valence-electron chi connectivity index (χ3n) is 4.21. The second kappa shape index (κ2) is 9.62. The highest BCUT2D eigenvalue weighted by Crippen LogP contribution is 2.28. The molecule has 0 aliphatic carbocycles. The molecule has 168 valence electrons. The molecule has 0 saturated carbocycles. The normalized spacial score (nSPS) is 11.4. The number of aryl methyl sites for hydroxylation is 1. The molecule has 0 fully saturated rings. The largest absolute Gasteiger partial charge is 0.493 e. The number of nitrogens with one attached hydrogen (secondary N) is 1. The predicted octanol–water partition coefficient (Wildman–Crippen LogP) is 4.40. The number of hydrogen-bond donors (Lipinski definition) is 1. The Balaban J connectivity index is 1.84. The average Bonchev–Trinajstić information content (AvgIpc) is 2.71. The molecule has 1 N–H and O–H groups in total. The molecule has 2 aromatic heterocycles. The standard InChI is InChI=1S/C22H21ClFN3O4S/c1-13(2)12-31-17-8-15(7-16(24)9-17)20-10-19(23)18(11-25-20)22(28)27-32(29,30)21-6-4-5-14(3)26-21/h4-11,13H,12H2,1-3H3,(H,27,28). The Kier molecular flexibility index (Phi) is 7.10. The molecular formula is C22H21ClFN3O4S. The van der Waals surface area contributed by atoms with Gasteiger partial charge in [-0.3, -0.25) is 9.78 Å². The first-order valence-corrected chi connectivity index (χ1v) is 11.5. The summed E-state index contributed by atoms with van der Waals surface area (Å²) in [5.41, 5.74) is 1.02. The first kappa shape index (κ1) is 23.6. The molecule has 3 aromatic rings. The van der Waals surface area contributed by atoms with Gasteiger partial charge in [-0.1, -0.05) is 31.5 Å². The van der Waals surface area contributed by atoms with E-state index in [9.17, 15) is 17.6 Å². The molecule has 1 aromatic carbocycles. The van der Waals surface area contributed by atoms with Crippen molar-refractivity contribution in [1.29, 1.82) is 0 Å². The lowest BCUT2D eigenvalue weighted by atomic mass is 10.1. The van der Waals surface area contributed by atoms with Crippen LogP contribution in [-0.2, 0) is 10.0 Å². The first-order valence-electron chi connectivity index (χ1n) is 9.65. The highest BCUT2D eigenvalue weighted by atomic mass is 35.5. The van der Waals surface area contributed by atoms with Gasteiger partial charge in [-0.05, 0) is 43.2 Å². The summed E-state index contributed by atoms with van der Waals surface area (Å²) in [6.07, 6.45) is 1.13. The number of aromatic nitrogens is 2. The fourth-order valence-electron chi connectivity index (χ4n) is 2.71. The Morgan fingerprint density at radius 1 is 1.22 bits per heavy atom. The summed E-state index contributed by atoms with van der Waals surface area (Å²) in [4.78, 5) is 20.6. The number of pyridine rings is 2. The molecular weight excluding hydrogens is 457 g/mol. The minimum atomic E-state index is -4.20. The van der Waals surface area contributed by atoms with Crippen LogP contribution in [0, 0.1) is 18.7 Å². The van der Waals surface area contributed by atoms with Crippen LogP contribution in [0.25, 0.3) is 11.3 Å². The van der Waals surface area contributed by atoms with Crippen LogP contribution < -0.4 is 9.46 Å². The lowest BCUT2D eigenvalue weighted by Crippen LogP contribution is -2.31. The summed E-state index contributed by atoms with van der Waals surface area (Å²) in [7, 11) is -4.20. The van der Waals surface area contributed by atoms with Crippen LogP contribution in [0.15, 0.2) is 53.7 Å². The SMILES string of the molecule is Cc1cccc(S(=O)(=O)NC(=O)c2cnc(-c3cc(F)cc(OCC(C)C)c3)cc2Cl)n1. The fourth-order valence-corrected chi connectivity index (χ4v) is 3.93. The zero-order chi connectivity index (χ0) is 23.5. The van der Waals surface area contributed by atoms with Crippen LogP contribution in [-0.4, -0.2) is 30.9 Å². The van der Waals surface area contributed by atoms with Crippen LogP contribution >= 0.6 is 11.6 Å². The lowest BCUT2D eigenvalue weighted by molar-refractivity contribution is 0.0981. The van der Waals surface area contributed by atoms with Crippen molar-refractivity contribution in [2.24, 2.45) is 5.92 Å². The van der Waals surface area contributed by atoms with E-state index in [0.717, 1.165) is 6.20 Å². The molecule has 2 heterocycles. The zero-order valence-corrected chi connectivity index (χ0v) is 19.2. The van der Waals surface area contributed by atoms with Crippen LogP contribution in [0.2, 0.25) is 5.02 Å². The molecule has 0 aliphatic heterocycles. The van der Waals surface area contributed by atoms with E-state index in [4.69, 9.17) is 16.3 Å². The monoisotopic (exact) mass is 477 g/mol. The molecule has 0 saturated heterocycles. The number of ether oxygens (including phenoxy) is 1. The Bertz CT molecular complexity index is 1270. The molecule has 7 nitrogen and oxygen atoms in total. The maximum Gasteiger partial charge on any atom is 0.281 e. The molecule has 1 amide bonds.